The number of nitrogens with zero attached hydrogens (tertiary/aromatic N) is 1. The topological polar surface area (TPSA) is 30.0 Å². The minimum atomic E-state index is 0.105. The Balaban J connectivity index is 1.98. The number of carbonyl (C=O) groups excluding carboxylic acids is 1. The van der Waals surface area contributed by atoms with E-state index in [1.165, 1.54) is 0 Å². The smallest absolute Gasteiger partial charge is 0.168 e. The lowest BCUT2D eigenvalue weighted by Gasteiger charge is -2.06. The second kappa shape index (κ2) is 5.55. The zero-order valence-electron chi connectivity index (χ0n) is 10.7. The predicted octanol–water partition coefficient (Wildman–Crippen LogP) is 4.42. The predicted molar refractivity (Wildman–Crippen MR) is 83.9 cm³/mol. The van der Waals surface area contributed by atoms with E-state index in [0.29, 0.717) is 12.0 Å². The van der Waals surface area contributed by atoms with Gasteiger partial charge in [0.1, 0.15) is 0 Å². The molecule has 3 heteroatoms. The summed E-state index contributed by atoms with van der Waals surface area (Å²) in [6.07, 6.45) is 2.14. The molecule has 0 fully saturated rings. The first-order valence-corrected chi connectivity index (χ1v) is 7.15. The van der Waals surface area contributed by atoms with Crippen molar-refractivity contribution >= 4 is 32.6 Å². The lowest BCUT2D eigenvalue weighted by molar-refractivity contribution is 0.0992. The van der Waals surface area contributed by atoms with Crippen LogP contribution in [0.15, 0.2) is 65.3 Å². The zero-order chi connectivity index (χ0) is 13.9. The van der Waals surface area contributed by atoms with Crippen molar-refractivity contribution in [2.75, 3.05) is 0 Å². The van der Waals surface area contributed by atoms with Gasteiger partial charge in [-0.25, -0.2) is 0 Å². The van der Waals surface area contributed by atoms with Crippen LogP contribution >= 0.6 is 15.9 Å². The van der Waals surface area contributed by atoms with Crippen LogP contribution in [0.3, 0.4) is 0 Å². The number of hydrogen-bond acceptors (Lipinski definition) is 2. The van der Waals surface area contributed by atoms with E-state index in [1.807, 2.05) is 54.6 Å². The Morgan fingerprint density at radius 1 is 1.00 bits per heavy atom. The van der Waals surface area contributed by atoms with Crippen LogP contribution in [0.2, 0.25) is 0 Å². The number of aromatic nitrogens is 1. The molecule has 20 heavy (non-hydrogen) atoms. The molecule has 3 rings (SSSR count). The summed E-state index contributed by atoms with van der Waals surface area (Å²) in [7, 11) is 0. The highest BCUT2D eigenvalue weighted by Gasteiger charge is 2.12. The summed E-state index contributed by atoms with van der Waals surface area (Å²) >= 11 is 3.43. The third-order valence-electron chi connectivity index (χ3n) is 3.26. The van der Waals surface area contributed by atoms with Crippen molar-refractivity contribution in [2.45, 2.75) is 6.42 Å². The summed E-state index contributed by atoms with van der Waals surface area (Å²) in [6.45, 7) is 0. The average Bonchev–Trinajstić information content (AvgIpc) is 2.48. The second-order valence-electron chi connectivity index (χ2n) is 4.57. The normalized spacial score (nSPS) is 10.7. The molecule has 1 heterocycles. The average molecular weight is 326 g/mol. The highest BCUT2D eigenvalue weighted by atomic mass is 79.9. The molecule has 0 aliphatic rings. The van der Waals surface area contributed by atoms with Crippen LogP contribution in [0.1, 0.15) is 15.9 Å². The van der Waals surface area contributed by atoms with Crippen molar-refractivity contribution in [3.05, 3.63) is 76.4 Å². The molecular weight excluding hydrogens is 314 g/mol. The molecule has 0 bridgehead atoms. The summed E-state index contributed by atoms with van der Waals surface area (Å²) < 4.78 is 0.836. The number of rotatable bonds is 3. The van der Waals surface area contributed by atoms with Crippen molar-refractivity contribution in [3.8, 4) is 0 Å². The molecule has 0 saturated carbocycles. The van der Waals surface area contributed by atoms with Gasteiger partial charge in [-0.05, 0) is 23.8 Å². The van der Waals surface area contributed by atoms with Crippen LogP contribution < -0.4 is 0 Å². The van der Waals surface area contributed by atoms with E-state index >= 15 is 0 Å². The molecular formula is C17H12BrNO. The van der Waals surface area contributed by atoms with Gasteiger partial charge in [0.25, 0.3) is 0 Å². The second-order valence-corrected chi connectivity index (χ2v) is 5.42. The number of pyridine rings is 1. The molecule has 1 aromatic heterocycles. The molecule has 0 saturated heterocycles. The van der Waals surface area contributed by atoms with E-state index in [4.69, 9.17) is 0 Å². The van der Waals surface area contributed by atoms with Gasteiger partial charge in [0.15, 0.2) is 5.78 Å². The fraction of sp³-hybridized carbons (Fsp3) is 0.0588. The third-order valence-corrected chi connectivity index (χ3v) is 3.96. The highest BCUT2D eigenvalue weighted by molar-refractivity contribution is 9.10. The Morgan fingerprint density at radius 3 is 2.60 bits per heavy atom. The van der Waals surface area contributed by atoms with Crippen LogP contribution in [-0.2, 0) is 6.42 Å². The summed E-state index contributed by atoms with van der Waals surface area (Å²) in [4.78, 5) is 16.7. The highest BCUT2D eigenvalue weighted by Crippen LogP contribution is 2.21. The molecule has 2 nitrogen and oxygen atoms in total. The van der Waals surface area contributed by atoms with Gasteiger partial charge in [0, 0.05) is 28.0 Å². The molecule has 98 valence electrons. The van der Waals surface area contributed by atoms with Crippen molar-refractivity contribution in [1.82, 2.24) is 4.98 Å². The lowest BCUT2D eigenvalue weighted by atomic mass is 10.0. The Hall–Kier alpha value is -2.00. The summed E-state index contributed by atoms with van der Waals surface area (Å²) in [5.41, 5.74) is 2.65. The Bertz CT molecular complexity index is 777. The molecule has 0 atom stereocenters. The van der Waals surface area contributed by atoms with E-state index in [-0.39, 0.29) is 5.78 Å². The van der Waals surface area contributed by atoms with Crippen molar-refractivity contribution in [3.63, 3.8) is 0 Å². The van der Waals surface area contributed by atoms with E-state index in [1.54, 1.807) is 6.20 Å². The molecule has 3 aromatic rings. The molecule has 0 unspecified atom stereocenters. The first-order chi connectivity index (χ1) is 9.75. The van der Waals surface area contributed by atoms with Crippen LogP contribution in [0, 0.1) is 0 Å². The number of benzene rings is 2. The monoisotopic (exact) mass is 325 g/mol. The molecule has 0 amide bonds. The van der Waals surface area contributed by atoms with Crippen LogP contribution in [0.5, 0.6) is 0 Å². The maximum Gasteiger partial charge on any atom is 0.168 e. The number of hydrogen-bond donors (Lipinski definition) is 0. The van der Waals surface area contributed by atoms with Crippen molar-refractivity contribution in [1.29, 1.82) is 0 Å². The Morgan fingerprint density at radius 2 is 1.75 bits per heavy atom. The van der Waals surface area contributed by atoms with E-state index in [9.17, 15) is 4.79 Å². The maximum atomic E-state index is 12.4. The molecule has 0 spiro atoms. The van der Waals surface area contributed by atoms with Gasteiger partial charge in [-0.1, -0.05) is 52.3 Å². The van der Waals surface area contributed by atoms with Gasteiger partial charge < -0.3 is 0 Å². The summed E-state index contributed by atoms with van der Waals surface area (Å²) in [5, 5.41) is 1.04. The SMILES string of the molecule is O=C(Cc1ccnc2ccccc12)c1ccccc1Br. The van der Waals surface area contributed by atoms with Gasteiger partial charge >= 0.3 is 0 Å². The Kier molecular flexibility index (Phi) is 3.61. The lowest BCUT2D eigenvalue weighted by Crippen LogP contribution is -2.05. The van der Waals surface area contributed by atoms with Crippen LogP contribution in [0.25, 0.3) is 10.9 Å². The Labute approximate surface area is 125 Å². The fourth-order valence-electron chi connectivity index (χ4n) is 2.26. The molecule has 0 radical (unpaired) electrons. The van der Waals surface area contributed by atoms with Crippen molar-refractivity contribution in [2.24, 2.45) is 0 Å². The van der Waals surface area contributed by atoms with Gasteiger partial charge in [-0.3, -0.25) is 9.78 Å². The zero-order valence-corrected chi connectivity index (χ0v) is 12.3. The van der Waals surface area contributed by atoms with E-state index < -0.39 is 0 Å². The minimum Gasteiger partial charge on any atom is -0.294 e. The van der Waals surface area contributed by atoms with Gasteiger partial charge in [-0.2, -0.15) is 0 Å². The summed E-state index contributed by atoms with van der Waals surface area (Å²) in [5.74, 6) is 0.105. The van der Waals surface area contributed by atoms with Gasteiger partial charge in [0.05, 0.1) is 5.52 Å². The number of para-hydroxylation sites is 1. The van der Waals surface area contributed by atoms with Crippen LogP contribution in [0.4, 0.5) is 0 Å². The molecule has 0 aliphatic carbocycles. The van der Waals surface area contributed by atoms with Crippen molar-refractivity contribution < 1.29 is 4.79 Å². The van der Waals surface area contributed by atoms with E-state index in [2.05, 4.69) is 20.9 Å². The quantitative estimate of drug-likeness (QED) is 0.667. The maximum absolute atomic E-state index is 12.4. The molecule has 0 aliphatic heterocycles. The standard InChI is InChI=1S/C17H12BrNO/c18-15-7-3-1-6-14(15)17(20)11-12-9-10-19-16-8-4-2-5-13(12)16/h1-10H,11H2. The molecule has 0 N–H and O–H groups in total. The van der Waals surface area contributed by atoms with Gasteiger partial charge in [0.2, 0.25) is 0 Å². The van der Waals surface area contributed by atoms with Crippen LogP contribution in [-0.4, -0.2) is 10.8 Å². The first kappa shape index (κ1) is 13.0. The molecule has 2 aromatic carbocycles. The largest absolute Gasteiger partial charge is 0.294 e. The minimum absolute atomic E-state index is 0.105. The number of ketones is 1. The summed E-state index contributed by atoms with van der Waals surface area (Å²) in [6, 6.07) is 17.3. The van der Waals surface area contributed by atoms with Gasteiger partial charge in [-0.15, -0.1) is 0 Å². The van der Waals surface area contributed by atoms with E-state index in [0.717, 1.165) is 20.9 Å². The number of fused-ring (bicyclic) bond motifs is 1. The first-order valence-electron chi connectivity index (χ1n) is 6.36. The number of halogens is 1. The fourth-order valence-corrected chi connectivity index (χ4v) is 2.77. The number of Topliss-reactive ketones (excluding diaryl/α,β-unsaturated/α-hetero) is 1. The third kappa shape index (κ3) is 2.49. The number of carbonyl (C=O) groups is 1.